The van der Waals surface area contributed by atoms with E-state index in [0.29, 0.717) is 6.04 Å². The molecule has 4 heteroatoms. The van der Waals surface area contributed by atoms with Gasteiger partial charge in [0, 0.05) is 36.4 Å². The fraction of sp³-hybridized carbons (Fsp3) is 0.400. The minimum Gasteiger partial charge on any atom is -0.310 e. The third-order valence-corrected chi connectivity index (χ3v) is 3.42. The van der Waals surface area contributed by atoms with E-state index in [9.17, 15) is 0 Å². The third-order valence-electron chi connectivity index (χ3n) is 3.19. The van der Waals surface area contributed by atoms with Gasteiger partial charge in [-0.1, -0.05) is 23.7 Å². The van der Waals surface area contributed by atoms with Gasteiger partial charge in [0.15, 0.2) is 0 Å². The summed E-state index contributed by atoms with van der Waals surface area (Å²) in [6, 6.07) is 8.43. The summed E-state index contributed by atoms with van der Waals surface area (Å²) in [5, 5.41) is 8.67. The molecule has 19 heavy (non-hydrogen) atoms. The average molecular weight is 278 g/mol. The van der Waals surface area contributed by atoms with Crippen LogP contribution in [0.1, 0.15) is 23.7 Å². The van der Waals surface area contributed by atoms with Crippen LogP contribution in [0.2, 0.25) is 5.02 Å². The van der Waals surface area contributed by atoms with Crippen molar-refractivity contribution >= 4 is 11.6 Å². The first-order valence-electron chi connectivity index (χ1n) is 6.51. The maximum absolute atomic E-state index is 5.99. The largest absolute Gasteiger partial charge is 0.310 e. The van der Waals surface area contributed by atoms with Gasteiger partial charge in [-0.2, -0.15) is 5.10 Å². The van der Waals surface area contributed by atoms with Crippen LogP contribution < -0.4 is 5.32 Å². The number of benzene rings is 1. The molecule has 0 radical (unpaired) electrons. The summed E-state index contributed by atoms with van der Waals surface area (Å²) in [5.74, 6) is 0. The molecule has 1 unspecified atom stereocenters. The predicted octanol–water partition coefficient (Wildman–Crippen LogP) is 3.10. The van der Waals surface area contributed by atoms with E-state index >= 15 is 0 Å². The second kappa shape index (κ2) is 6.22. The molecule has 2 rings (SSSR count). The molecule has 0 saturated heterocycles. The smallest absolute Gasteiger partial charge is 0.0638 e. The van der Waals surface area contributed by atoms with Crippen molar-refractivity contribution in [3.05, 3.63) is 52.3 Å². The number of aromatic nitrogens is 2. The molecule has 0 spiro atoms. The zero-order valence-corrected chi connectivity index (χ0v) is 12.4. The highest BCUT2D eigenvalue weighted by Gasteiger charge is 2.07. The lowest BCUT2D eigenvalue weighted by Gasteiger charge is -2.13. The number of nitrogens with one attached hydrogen (secondary N) is 1. The topological polar surface area (TPSA) is 29.9 Å². The molecule has 1 aromatic carbocycles. The first kappa shape index (κ1) is 14.1. The monoisotopic (exact) mass is 277 g/mol. The second-order valence-electron chi connectivity index (χ2n) is 5.03. The average Bonchev–Trinajstić information content (AvgIpc) is 2.65. The summed E-state index contributed by atoms with van der Waals surface area (Å²) < 4.78 is 1.86. The molecule has 0 bridgehead atoms. The van der Waals surface area contributed by atoms with Gasteiger partial charge in [0.25, 0.3) is 0 Å². The second-order valence-corrected chi connectivity index (χ2v) is 5.47. The molecule has 0 aliphatic heterocycles. The van der Waals surface area contributed by atoms with Crippen molar-refractivity contribution < 1.29 is 0 Å². The lowest BCUT2D eigenvalue weighted by molar-refractivity contribution is 0.544. The van der Waals surface area contributed by atoms with E-state index in [1.165, 1.54) is 11.1 Å². The zero-order chi connectivity index (χ0) is 13.8. The van der Waals surface area contributed by atoms with E-state index in [2.05, 4.69) is 29.6 Å². The van der Waals surface area contributed by atoms with Crippen molar-refractivity contribution in [1.29, 1.82) is 0 Å². The SMILES string of the molecule is Cc1nn(C)cc1CNC(C)Cc1cccc(Cl)c1. The number of hydrogen-bond acceptors (Lipinski definition) is 2. The summed E-state index contributed by atoms with van der Waals surface area (Å²) in [6.45, 7) is 5.08. The molecule has 0 saturated carbocycles. The van der Waals surface area contributed by atoms with Crippen LogP contribution in [0.3, 0.4) is 0 Å². The predicted molar refractivity (Wildman–Crippen MR) is 79.4 cm³/mol. The van der Waals surface area contributed by atoms with Gasteiger partial charge in [-0.25, -0.2) is 0 Å². The molecular formula is C15H20ClN3. The Labute approximate surface area is 119 Å². The van der Waals surface area contributed by atoms with E-state index < -0.39 is 0 Å². The quantitative estimate of drug-likeness (QED) is 0.910. The van der Waals surface area contributed by atoms with E-state index in [1.807, 2.05) is 36.9 Å². The number of halogens is 1. The number of aryl methyl sites for hydroxylation is 2. The maximum atomic E-state index is 5.99. The summed E-state index contributed by atoms with van der Waals surface area (Å²) in [4.78, 5) is 0. The van der Waals surface area contributed by atoms with Gasteiger partial charge in [0.05, 0.1) is 5.69 Å². The van der Waals surface area contributed by atoms with Gasteiger partial charge in [-0.3, -0.25) is 4.68 Å². The Morgan fingerprint density at radius 3 is 2.84 bits per heavy atom. The molecule has 0 fully saturated rings. The Hall–Kier alpha value is -1.32. The van der Waals surface area contributed by atoms with Gasteiger partial charge in [0.2, 0.25) is 0 Å². The fourth-order valence-electron chi connectivity index (χ4n) is 2.20. The summed E-state index contributed by atoms with van der Waals surface area (Å²) in [7, 11) is 1.95. The molecule has 1 heterocycles. The number of nitrogens with zero attached hydrogens (tertiary/aromatic N) is 2. The molecule has 102 valence electrons. The lowest BCUT2D eigenvalue weighted by atomic mass is 10.1. The van der Waals surface area contributed by atoms with Crippen molar-refractivity contribution in [3.63, 3.8) is 0 Å². The molecule has 3 nitrogen and oxygen atoms in total. The van der Waals surface area contributed by atoms with Crippen LogP contribution in [0.4, 0.5) is 0 Å². The molecular weight excluding hydrogens is 258 g/mol. The van der Waals surface area contributed by atoms with Crippen LogP contribution in [0.15, 0.2) is 30.5 Å². The van der Waals surface area contributed by atoms with Gasteiger partial charge < -0.3 is 5.32 Å². The fourth-order valence-corrected chi connectivity index (χ4v) is 2.41. The van der Waals surface area contributed by atoms with Crippen LogP contribution in [-0.4, -0.2) is 15.8 Å². The van der Waals surface area contributed by atoms with Crippen molar-refractivity contribution in [2.24, 2.45) is 7.05 Å². The highest BCUT2D eigenvalue weighted by Crippen LogP contribution is 2.12. The zero-order valence-electron chi connectivity index (χ0n) is 11.7. The van der Waals surface area contributed by atoms with Crippen LogP contribution in [0.5, 0.6) is 0 Å². The maximum Gasteiger partial charge on any atom is 0.0638 e. The van der Waals surface area contributed by atoms with Gasteiger partial charge in [-0.05, 0) is 38.0 Å². The number of rotatable bonds is 5. The van der Waals surface area contributed by atoms with Crippen LogP contribution in [-0.2, 0) is 20.0 Å². The van der Waals surface area contributed by atoms with Crippen molar-refractivity contribution in [2.75, 3.05) is 0 Å². The van der Waals surface area contributed by atoms with Crippen molar-refractivity contribution in [2.45, 2.75) is 32.9 Å². The summed E-state index contributed by atoms with van der Waals surface area (Å²) in [6.07, 6.45) is 3.04. The summed E-state index contributed by atoms with van der Waals surface area (Å²) in [5.41, 5.74) is 3.60. The molecule has 0 aliphatic carbocycles. The minimum absolute atomic E-state index is 0.401. The molecule has 0 aliphatic rings. The van der Waals surface area contributed by atoms with E-state index in [1.54, 1.807) is 0 Å². The standard InChI is InChI=1S/C15H20ClN3/c1-11(7-13-5-4-6-15(16)8-13)17-9-14-10-19(3)18-12(14)2/h4-6,8,10-11,17H,7,9H2,1-3H3. The Kier molecular flexibility index (Phi) is 4.61. The third kappa shape index (κ3) is 4.08. The van der Waals surface area contributed by atoms with E-state index in [4.69, 9.17) is 11.6 Å². The first-order chi connectivity index (χ1) is 9.04. The van der Waals surface area contributed by atoms with Crippen LogP contribution in [0, 0.1) is 6.92 Å². The van der Waals surface area contributed by atoms with Gasteiger partial charge >= 0.3 is 0 Å². The van der Waals surface area contributed by atoms with E-state index in [-0.39, 0.29) is 0 Å². The highest BCUT2D eigenvalue weighted by atomic mass is 35.5. The molecule has 1 atom stereocenters. The first-order valence-corrected chi connectivity index (χ1v) is 6.89. The van der Waals surface area contributed by atoms with Crippen LogP contribution in [0.25, 0.3) is 0 Å². The Morgan fingerprint density at radius 1 is 1.42 bits per heavy atom. The van der Waals surface area contributed by atoms with Crippen molar-refractivity contribution in [1.82, 2.24) is 15.1 Å². The van der Waals surface area contributed by atoms with Gasteiger partial charge in [0.1, 0.15) is 0 Å². The lowest BCUT2D eigenvalue weighted by Crippen LogP contribution is -2.27. The Bertz CT molecular complexity index is 548. The number of hydrogen-bond donors (Lipinski definition) is 1. The minimum atomic E-state index is 0.401. The molecule has 1 N–H and O–H groups in total. The van der Waals surface area contributed by atoms with Gasteiger partial charge in [-0.15, -0.1) is 0 Å². The Morgan fingerprint density at radius 2 is 2.21 bits per heavy atom. The normalized spacial score (nSPS) is 12.6. The molecule has 0 amide bonds. The highest BCUT2D eigenvalue weighted by molar-refractivity contribution is 6.30. The molecule has 2 aromatic rings. The molecule has 1 aromatic heterocycles. The Balaban J connectivity index is 1.88. The van der Waals surface area contributed by atoms with Crippen molar-refractivity contribution in [3.8, 4) is 0 Å². The van der Waals surface area contributed by atoms with Crippen LogP contribution >= 0.6 is 11.6 Å². The van der Waals surface area contributed by atoms with E-state index in [0.717, 1.165) is 23.7 Å². The summed E-state index contributed by atoms with van der Waals surface area (Å²) >= 11 is 5.99.